The average Bonchev–Trinajstić information content (AvgIpc) is 2.76. The van der Waals surface area contributed by atoms with Crippen LogP contribution in [-0.4, -0.2) is 21.3 Å². The first-order chi connectivity index (χ1) is 15.7. The molecule has 4 aromatic rings. The second kappa shape index (κ2) is 8.95. The van der Waals surface area contributed by atoms with Gasteiger partial charge in [0.1, 0.15) is 28.6 Å². The average molecular weight is 475 g/mol. The third-order valence-electron chi connectivity index (χ3n) is 4.60. The fourth-order valence-corrected chi connectivity index (χ4v) is 3.37. The summed E-state index contributed by atoms with van der Waals surface area (Å²) in [6.45, 7) is 0. The van der Waals surface area contributed by atoms with E-state index < -0.39 is 23.5 Å². The third-order valence-corrected chi connectivity index (χ3v) is 4.93. The monoisotopic (exact) mass is 474 g/mol. The van der Waals surface area contributed by atoms with E-state index in [-0.39, 0.29) is 23.7 Å². The fraction of sp³-hybridized carbons (Fsp3) is 0.0870. The van der Waals surface area contributed by atoms with Crippen LogP contribution in [0.25, 0.3) is 10.8 Å². The maximum atomic E-state index is 13.8. The fourth-order valence-electron chi connectivity index (χ4n) is 3.16. The number of rotatable bonds is 6. The summed E-state index contributed by atoms with van der Waals surface area (Å²) >= 11 is 6.13. The molecular formula is C23H14ClF3N2O4. The van der Waals surface area contributed by atoms with Crippen molar-refractivity contribution in [2.24, 2.45) is 0 Å². The van der Waals surface area contributed by atoms with Gasteiger partial charge in [-0.1, -0.05) is 23.7 Å². The number of carboxylic acids is 1. The van der Waals surface area contributed by atoms with Crippen molar-refractivity contribution in [1.82, 2.24) is 10.2 Å². The van der Waals surface area contributed by atoms with Crippen LogP contribution in [0.5, 0.6) is 23.0 Å². The number of carboxylic acid groups (broad SMARTS) is 1. The minimum atomic E-state index is -4.74. The van der Waals surface area contributed by atoms with E-state index in [1.165, 1.54) is 42.7 Å². The van der Waals surface area contributed by atoms with Gasteiger partial charge in [-0.3, -0.25) is 4.79 Å². The Bertz CT molecular complexity index is 1350. The van der Waals surface area contributed by atoms with Gasteiger partial charge in [0.25, 0.3) is 0 Å². The zero-order valence-corrected chi connectivity index (χ0v) is 17.4. The van der Waals surface area contributed by atoms with E-state index in [9.17, 15) is 18.0 Å². The van der Waals surface area contributed by atoms with E-state index in [2.05, 4.69) is 10.2 Å². The first kappa shape index (κ1) is 22.3. The molecule has 0 fully saturated rings. The normalized spacial score (nSPS) is 11.4. The van der Waals surface area contributed by atoms with Crippen LogP contribution < -0.4 is 9.47 Å². The highest BCUT2D eigenvalue weighted by Gasteiger charge is 2.35. The van der Waals surface area contributed by atoms with Crippen LogP contribution in [-0.2, 0) is 17.4 Å². The van der Waals surface area contributed by atoms with Crippen LogP contribution in [0.3, 0.4) is 0 Å². The van der Waals surface area contributed by atoms with Crippen molar-refractivity contribution in [3.05, 3.63) is 83.1 Å². The number of alkyl halides is 3. The van der Waals surface area contributed by atoms with Gasteiger partial charge in [-0.2, -0.15) is 23.4 Å². The van der Waals surface area contributed by atoms with Gasteiger partial charge < -0.3 is 14.6 Å². The second-order valence-electron chi connectivity index (χ2n) is 6.94. The number of aliphatic carboxylic acids is 1. The predicted octanol–water partition coefficient (Wildman–Crippen LogP) is 6.51. The van der Waals surface area contributed by atoms with E-state index in [1.54, 1.807) is 12.1 Å². The van der Waals surface area contributed by atoms with Gasteiger partial charge in [-0.15, -0.1) is 0 Å². The molecule has 1 N–H and O–H groups in total. The van der Waals surface area contributed by atoms with Crippen LogP contribution in [0.4, 0.5) is 13.2 Å². The number of carbonyl (C=O) groups is 1. The molecule has 0 radical (unpaired) electrons. The number of aromatic nitrogens is 2. The topological polar surface area (TPSA) is 81.5 Å². The van der Waals surface area contributed by atoms with Crippen molar-refractivity contribution in [3.63, 3.8) is 0 Å². The molecule has 0 unspecified atom stereocenters. The molecule has 10 heteroatoms. The molecule has 0 amide bonds. The minimum Gasteiger partial charge on any atom is -0.481 e. The molecule has 1 aromatic heterocycles. The largest absolute Gasteiger partial charge is 0.481 e. The molecule has 33 heavy (non-hydrogen) atoms. The summed E-state index contributed by atoms with van der Waals surface area (Å²) in [5.74, 6) is -1.25. The maximum Gasteiger partial charge on any atom is 0.420 e. The quantitative estimate of drug-likeness (QED) is 0.343. The molecule has 0 atom stereocenters. The SMILES string of the molecule is O=C(O)Cc1cccc(Oc2ccc(Oc3ccc(Cl)c4cnncc34)cc2C(F)(F)F)c1. The summed E-state index contributed by atoms with van der Waals surface area (Å²) in [5.41, 5.74) is -0.659. The summed E-state index contributed by atoms with van der Waals surface area (Å²) in [6, 6.07) is 12.2. The van der Waals surface area contributed by atoms with Crippen molar-refractivity contribution in [2.45, 2.75) is 12.6 Å². The number of ether oxygens (including phenoxy) is 2. The molecule has 0 bridgehead atoms. The van der Waals surface area contributed by atoms with Gasteiger partial charge in [-0.25, -0.2) is 0 Å². The van der Waals surface area contributed by atoms with E-state index in [1.807, 2.05) is 0 Å². The Morgan fingerprint density at radius 3 is 2.30 bits per heavy atom. The van der Waals surface area contributed by atoms with Gasteiger partial charge in [-0.05, 0) is 48.0 Å². The van der Waals surface area contributed by atoms with E-state index in [4.69, 9.17) is 26.2 Å². The van der Waals surface area contributed by atoms with Gasteiger partial charge in [0.15, 0.2) is 0 Å². The number of nitrogens with zero attached hydrogens (tertiary/aromatic N) is 2. The molecule has 0 aliphatic heterocycles. The van der Waals surface area contributed by atoms with Crippen molar-refractivity contribution in [3.8, 4) is 23.0 Å². The van der Waals surface area contributed by atoms with Crippen LogP contribution in [0.1, 0.15) is 11.1 Å². The Morgan fingerprint density at radius 2 is 1.58 bits per heavy atom. The van der Waals surface area contributed by atoms with Crippen LogP contribution in [0.2, 0.25) is 5.02 Å². The van der Waals surface area contributed by atoms with Crippen molar-refractivity contribution in [1.29, 1.82) is 0 Å². The summed E-state index contributed by atoms with van der Waals surface area (Å²) in [7, 11) is 0. The number of benzene rings is 3. The van der Waals surface area contributed by atoms with Crippen LogP contribution >= 0.6 is 11.6 Å². The maximum absolute atomic E-state index is 13.8. The highest BCUT2D eigenvalue weighted by Crippen LogP contribution is 2.42. The lowest BCUT2D eigenvalue weighted by atomic mass is 10.1. The first-order valence-corrected chi connectivity index (χ1v) is 9.85. The molecule has 0 spiro atoms. The number of hydrogen-bond acceptors (Lipinski definition) is 5. The Labute approximate surface area is 190 Å². The zero-order valence-electron chi connectivity index (χ0n) is 16.6. The molecular weight excluding hydrogens is 461 g/mol. The summed E-state index contributed by atoms with van der Waals surface area (Å²) in [4.78, 5) is 10.9. The Balaban J connectivity index is 1.67. The third kappa shape index (κ3) is 5.15. The molecule has 0 aliphatic carbocycles. The lowest BCUT2D eigenvalue weighted by molar-refractivity contribution is -0.138. The lowest BCUT2D eigenvalue weighted by Gasteiger charge is -2.16. The smallest absolute Gasteiger partial charge is 0.420 e. The van der Waals surface area contributed by atoms with E-state index in [0.717, 1.165) is 12.1 Å². The molecule has 6 nitrogen and oxygen atoms in total. The van der Waals surface area contributed by atoms with Gasteiger partial charge >= 0.3 is 12.1 Å². The van der Waals surface area contributed by atoms with Crippen LogP contribution in [0, 0.1) is 0 Å². The van der Waals surface area contributed by atoms with Crippen molar-refractivity contribution in [2.75, 3.05) is 0 Å². The lowest BCUT2D eigenvalue weighted by Crippen LogP contribution is -2.07. The van der Waals surface area contributed by atoms with Gasteiger partial charge in [0.2, 0.25) is 0 Å². The molecule has 3 aromatic carbocycles. The number of fused-ring (bicyclic) bond motifs is 1. The highest BCUT2D eigenvalue weighted by atomic mass is 35.5. The van der Waals surface area contributed by atoms with E-state index in [0.29, 0.717) is 21.4 Å². The Hall–Kier alpha value is -3.85. The Kier molecular flexibility index (Phi) is 6.06. The summed E-state index contributed by atoms with van der Waals surface area (Å²) in [6.07, 6.45) is -2.18. The summed E-state index contributed by atoms with van der Waals surface area (Å²) in [5, 5.41) is 17.9. The number of halogens is 4. The molecule has 0 aliphatic rings. The van der Waals surface area contributed by atoms with Gasteiger partial charge in [0.05, 0.1) is 23.8 Å². The number of hydrogen-bond donors (Lipinski definition) is 1. The van der Waals surface area contributed by atoms with Crippen molar-refractivity contribution >= 4 is 28.3 Å². The van der Waals surface area contributed by atoms with Crippen molar-refractivity contribution < 1.29 is 32.5 Å². The molecule has 4 rings (SSSR count). The predicted molar refractivity (Wildman–Crippen MR) is 114 cm³/mol. The van der Waals surface area contributed by atoms with Gasteiger partial charge in [0, 0.05) is 10.8 Å². The zero-order chi connectivity index (χ0) is 23.6. The van der Waals surface area contributed by atoms with E-state index >= 15 is 0 Å². The first-order valence-electron chi connectivity index (χ1n) is 9.47. The molecule has 0 saturated carbocycles. The molecule has 0 saturated heterocycles. The Morgan fingerprint density at radius 1 is 0.909 bits per heavy atom. The highest BCUT2D eigenvalue weighted by molar-refractivity contribution is 6.35. The van der Waals surface area contributed by atoms with Crippen LogP contribution in [0.15, 0.2) is 67.0 Å². The summed E-state index contributed by atoms with van der Waals surface area (Å²) < 4.78 is 52.5. The minimum absolute atomic E-state index is 0.0743. The molecule has 168 valence electrons. The molecule has 1 heterocycles. The standard InChI is InChI=1S/C23H14ClF3N2O4/c24-19-5-7-20(17-12-29-28-11-16(17)19)32-15-4-6-21(18(10-15)23(25,26)27)33-14-3-1-2-13(8-14)9-22(30)31/h1-8,10-12H,9H2,(H,30,31). The second-order valence-corrected chi connectivity index (χ2v) is 7.35.